The number of nitrogens with zero attached hydrogens (tertiary/aromatic N) is 3. The molecule has 0 aliphatic carbocycles. The van der Waals surface area contributed by atoms with E-state index in [0.29, 0.717) is 5.02 Å². The lowest BCUT2D eigenvalue weighted by Gasteiger charge is -2.18. The molecule has 0 N–H and O–H groups in total. The number of thiazole rings is 1. The molecule has 4 nitrogen and oxygen atoms in total. The molecule has 0 saturated carbocycles. The molecule has 3 aromatic rings. The Bertz CT molecular complexity index is 1380. The maximum atomic E-state index is 12.9. The van der Waals surface area contributed by atoms with Gasteiger partial charge in [-0.05, 0) is 37.3 Å². The van der Waals surface area contributed by atoms with Gasteiger partial charge in [0.15, 0.2) is 12.0 Å². The first kappa shape index (κ1) is 24.4. The summed E-state index contributed by atoms with van der Waals surface area (Å²) in [6, 6.07) is 8.21. The van der Waals surface area contributed by atoms with Crippen LogP contribution in [0.25, 0.3) is 6.08 Å². The van der Waals surface area contributed by atoms with Crippen LogP contribution in [0.5, 0.6) is 0 Å². The Labute approximate surface area is 218 Å². The van der Waals surface area contributed by atoms with Crippen LogP contribution < -0.4 is 9.47 Å². The molecule has 1 fully saturated rings. The fourth-order valence-corrected chi connectivity index (χ4v) is 7.55. The number of likely N-dealkylation sites (N-methyl/N-ethyl adjacent to an activating group) is 1. The van der Waals surface area contributed by atoms with Gasteiger partial charge in [0.1, 0.15) is 0 Å². The Morgan fingerprint density at radius 2 is 2.00 bits per heavy atom. The quantitative estimate of drug-likeness (QED) is 0.308. The summed E-state index contributed by atoms with van der Waals surface area (Å²) in [4.78, 5) is 6.47. The lowest BCUT2D eigenvalue weighted by molar-refractivity contribution is -0.686. The van der Waals surface area contributed by atoms with Gasteiger partial charge in [0.25, 0.3) is 5.01 Å². The van der Waals surface area contributed by atoms with E-state index in [1.165, 1.54) is 17.4 Å². The number of halogens is 4. The third kappa shape index (κ3) is 4.64. The van der Waals surface area contributed by atoms with Gasteiger partial charge in [0, 0.05) is 23.5 Å². The highest BCUT2D eigenvalue weighted by molar-refractivity contribution is 8.09. The van der Waals surface area contributed by atoms with Crippen LogP contribution >= 0.6 is 46.5 Å². The number of furan rings is 1. The van der Waals surface area contributed by atoms with Crippen LogP contribution in [0.15, 0.2) is 78.5 Å². The molecule has 2 aliphatic heterocycles. The third-order valence-electron chi connectivity index (χ3n) is 5.59. The van der Waals surface area contributed by atoms with Gasteiger partial charge >= 0.3 is 6.18 Å². The summed E-state index contributed by atoms with van der Waals surface area (Å²) < 4.78 is 45.6. The minimum Gasteiger partial charge on any atom is -0.450 e. The minimum atomic E-state index is -4.49. The molecule has 0 spiro atoms. The van der Waals surface area contributed by atoms with Gasteiger partial charge in [0.2, 0.25) is 12.3 Å². The number of alkyl halides is 3. The predicted octanol–water partition coefficient (Wildman–Crippen LogP) is 7.64. The third-order valence-corrected chi connectivity index (χ3v) is 9.21. The van der Waals surface area contributed by atoms with Crippen LogP contribution in [-0.2, 0) is 12.7 Å². The van der Waals surface area contributed by atoms with Crippen LogP contribution in [0.4, 0.5) is 18.9 Å². The fraction of sp³-hybridized carbons (Fsp3) is 0.208. The van der Waals surface area contributed by atoms with E-state index in [1.54, 1.807) is 23.5 Å². The number of fused-ring (bicyclic) bond motifs is 1. The van der Waals surface area contributed by atoms with Crippen molar-refractivity contribution in [2.24, 2.45) is 0 Å². The SMILES string of the molecule is C=C1/C(=C2\Sc3cc(Cl)ccc3N2C)S/C(=C\c2scc[n+]2Cc2ccc(C(F)(F)F)o2)N1CC. The highest BCUT2D eigenvalue weighted by Gasteiger charge is 2.36. The average Bonchev–Trinajstić information content (AvgIpc) is 3.56. The van der Waals surface area contributed by atoms with Crippen molar-refractivity contribution in [3.05, 3.63) is 90.7 Å². The largest absolute Gasteiger partial charge is 0.450 e. The molecule has 182 valence electrons. The number of anilines is 1. The van der Waals surface area contributed by atoms with E-state index in [1.807, 2.05) is 41.4 Å². The molecule has 0 radical (unpaired) electrons. The molecule has 0 amide bonds. The highest BCUT2D eigenvalue weighted by atomic mass is 35.5. The van der Waals surface area contributed by atoms with Gasteiger partial charge in [-0.1, -0.05) is 53.0 Å². The summed E-state index contributed by atoms with van der Waals surface area (Å²) in [6.45, 7) is 7.37. The van der Waals surface area contributed by atoms with Crippen LogP contribution in [0.2, 0.25) is 5.02 Å². The maximum Gasteiger partial charge on any atom is 0.449 e. The Morgan fingerprint density at radius 3 is 2.71 bits per heavy atom. The first-order valence-electron chi connectivity index (χ1n) is 10.6. The molecule has 35 heavy (non-hydrogen) atoms. The van der Waals surface area contributed by atoms with Gasteiger partial charge < -0.3 is 14.2 Å². The maximum absolute atomic E-state index is 12.9. The van der Waals surface area contributed by atoms with E-state index < -0.39 is 11.9 Å². The van der Waals surface area contributed by atoms with E-state index in [9.17, 15) is 13.2 Å². The van der Waals surface area contributed by atoms with Crippen LogP contribution in [0.3, 0.4) is 0 Å². The number of thioether (sulfide) groups is 2. The second kappa shape index (κ2) is 9.31. The van der Waals surface area contributed by atoms with Gasteiger partial charge in [-0.2, -0.15) is 17.7 Å². The van der Waals surface area contributed by atoms with E-state index in [4.69, 9.17) is 16.0 Å². The van der Waals surface area contributed by atoms with Crippen molar-refractivity contribution in [3.63, 3.8) is 0 Å². The first-order valence-corrected chi connectivity index (χ1v) is 13.5. The first-order chi connectivity index (χ1) is 16.7. The normalized spacial score (nSPS) is 19.4. The molecular weight excluding hydrogens is 535 g/mol. The molecular formula is C24H20ClF3N3OS3+. The van der Waals surface area contributed by atoms with Gasteiger partial charge in [-0.15, -0.1) is 0 Å². The predicted molar refractivity (Wildman–Crippen MR) is 137 cm³/mol. The Kier molecular flexibility index (Phi) is 6.50. The van der Waals surface area contributed by atoms with Gasteiger partial charge in [-0.25, -0.2) is 0 Å². The zero-order valence-electron chi connectivity index (χ0n) is 18.7. The monoisotopic (exact) mass is 554 g/mol. The van der Waals surface area contributed by atoms with Crippen molar-refractivity contribution in [1.29, 1.82) is 0 Å². The summed E-state index contributed by atoms with van der Waals surface area (Å²) in [6.07, 6.45) is -0.599. The van der Waals surface area contributed by atoms with Crippen molar-refractivity contribution in [2.45, 2.75) is 24.5 Å². The molecule has 11 heteroatoms. The zero-order chi connectivity index (χ0) is 24.9. The number of benzene rings is 1. The van der Waals surface area contributed by atoms with Crippen molar-refractivity contribution in [3.8, 4) is 0 Å². The summed E-state index contributed by atoms with van der Waals surface area (Å²) in [5, 5.41) is 5.61. The summed E-state index contributed by atoms with van der Waals surface area (Å²) in [5.41, 5.74) is 2.02. The lowest BCUT2D eigenvalue weighted by Crippen LogP contribution is -2.34. The van der Waals surface area contributed by atoms with Crippen LogP contribution in [-0.4, -0.2) is 18.5 Å². The Balaban J connectivity index is 1.44. The highest BCUT2D eigenvalue weighted by Crippen LogP contribution is 2.54. The molecule has 2 aromatic heterocycles. The van der Waals surface area contributed by atoms with Crippen molar-refractivity contribution < 1.29 is 22.2 Å². The number of aromatic nitrogens is 1. The second-order valence-electron chi connectivity index (χ2n) is 7.82. The molecule has 2 aliphatic rings. The molecule has 0 bridgehead atoms. The van der Waals surface area contributed by atoms with Crippen molar-refractivity contribution in [1.82, 2.24) is 4.90 Å². The Morgan fingerprint density at radius 1 is 1.20 bits per heavy atom. The molecule has 1 aromatic carbocycles. The summed E-state index contributed by atoms with van der Waals surface area (Å²) >= 11 is 11.0. The van der Waals surface area contributed by atoms with Crippen LogP contribution in [0, 0.1) is 0 Å². The van der Waals surface area contributed by atoms with Gasteiger partial charge in [0.05, 0.1) is 37.8 Å². The molecule has 4 heterocycles. The van der Waals surface area contributed by atoms with Crippen molar-refractivity contribution in [2.75, 3.05) is 18.5 Å². The second-order valence-corrected chi connectivity index (χ2v) is 11.2. The van der Waals surface area contributed by atoms with E-state index in [-0.39, 0.29) is 12.3 Å². The molecule has 0 atom stereocenters. The number of hydrogen-bond acceptors (Lipinski definition) is 6. The van der Waals surface area contributed by atoms with E-state index in [0.717, 1.165) is 48.9 Å². The smallest absolute Gasteiger partial charge is 0.449 e. The number of hydrogen-bond donors (Lipinski definition) is 0. The van der Waals surface area contributed by atoms with E-state index >= 15 is 0 Å². The summed E-state index contributed by atoms with van der Waals surface area (Å²) in [5.74, 6) is -0.737. The molecule has 5 rings (SSSR count). The minimum absolute atomic E-state index is 0.207. The van der Waals surface area contributed by atoms with Crippen LogP contribution in [0.1, 0.15) is 23.5 Å². The standard InChI is InChI=1S/C24H20ClF3N3OS3/c1-4-31-14(2)22(23-29(3)17-7-5-15(25)11-18(17)34-23)35-21(31)12-20-30(9-10-33-20)13-16-6-8-19(32-16)24(26,27)28/h5-12H,2,4,13H2,1,3H3/q+1/b23-22+. The molecule has 1 saturated heterocycles. The molecule has 0 unspecified atom stereocenters. The number of rotatable bonds is 4. The topological polar surface area (TPSA) is 23.5 Å². The fourth-order valence-electron chi connectivity index (χ4n) is 3.87. The van der Waals surface area contributed by atoms with Gasteiger partial charge in [-0.3, -0.25) is 0 Å². The van der Waals surface area contributed by atoms with Crippen molar-refractivity contribution >= 4 is 58.2 Å². The lowest BCUT2D eigenvalue weighted by atomic mass is 10.3. The zero-order valence-corrected chi connectivity index (χ0v) is 21.9. The Hall–Kier alpha value is -2.27. The van der Waals surface area contributed by atoms with E-state index in [2.05, 4.69) is 29.4 Å². The average molecular weight is 555 g/mol. The summed E-state index contributed by atoms with van der Waals surface area (Å²) in [7, 11) is 2.03.